The van der Waals surface area contributed by atoms with Crippen LogP contribution in [0.1, 0.15) is 68.3 Å². The summed E-state index contributed by atoms with van der Waals surface area (Å²) in [6.07, 6.45) is 13.3. The van der Waals surface area contributed by atoms with E-state index in [2.05, 4.69) is 36.2 Å². The van der Waals surface area contributed by atoms with Crippen LogP contribution in [0.5, 0.6) is 0 Å². The third kappa shape index (κ3) is 4.33. The van der Waals surface area contributed by atoms with Gasteiger partial charge in [-0.15, -0.1) is 0 Å². The van der Waals surface area contributed by atoms with Crippen LogP contribution in [0.15, 0.2) is 24.5 Å². The normalized spacial score (nSPS) is 22.6. The molecular formula is C28H36N8O2. The summed E-state index contributed by atoms with van der Waals surface area (Å²) in [5.41, 5.74) is 3.64. The quantitative estimate of drug-likeness (QED) is 0.553. The number of morpholine rings is 1. The fraction of sp³-hybridized carbons (Fsp3) is 0.607. The number of ether oxygens (including phenoxy) is 1. The van der Waals surface area contributed by atoms with Gasteiger partial charge in [0.1, 0.15) is 16.9 Å². The summed E-state index contributed by atoms with van der Waals surface area (Å²) in [5.74, 6) is 1.26. The van der Waals surface area contributed by atoms with E-state index in [-0.39, 0.29) is 11.3 Å². The third-order valence-corrected chi connectivity index (χ3v) is 9.16. The molecule has 3 aliphatic heterocycles. The van der Waals surface area contributed by atoms with Gasteiger partial charge in [-0.1, -0.05) is 19.3 Å². The van der Waals surface area contributed by atoms with Crippen molar-refractivity contribution in [1.82, 2.24) is 29.6 Å². The number of hydrogen-bond donors (Lipinski definition) is 1. The topological polar surface area (TPSA) is 101 Å². The highest BCUT2D eigenvalue weighted by molar-refractivity contribution is 5.89. The first-order valence-electron chi connectivity index (χ1n) is 14.3. The maximum atomic E-state index is 12.7. The summed E-state index contributed by atoms with van der Waals surface area (Å²) in [4.78, 5) is 31.8. The second kappa shape index (κ2) is 9.89. The van der Waals surface area contributed by atoms with Crippen molar-refractivity contribution < 1.29 is 9.53 Å². The molecule has 3 fully saturated rings. The maximum absolute atomic E-state index is 12.7. The zero-order chi connectivity index (χ0) is 25.5. The van der Waals surface area contributed by atoms with Gasteiger partial charge in [-0.05, 0) is 44.2 Å². The molecule has 1 N–H and O–H groups in total. The van der Waals surface area contributed by atoms with Crippen molar-refractivity contribution in [3.05, 3.63) is 30.2 Å². The molecule has 3 aromatic rings. The molecular weight excluding hydrogens is 480 g/mol. The number of rotatable bonds is 4. The largest absolute Gasteiger partial charge is 0.379 e. The Bertz CT molecular complexity index is 1300. The molecule has 0 bridgehead atoms. The van der Waals surface area contributed by atoms with E-state index in [0.29, 0.717) is 29.7 Å². The number of aromatic nitrogens is 5. The molecule has 10 nitrogen and oxygen atoms in total. The van der Waals surface area contributed by atoms with E-state index < -0.39 is 0 Å². The van der Waals surface area contributed by atoms with E-state index >= 15 is 0 Å². The molecule has 1 aliphatic carbocycles. The number of fused-ring (bicyclic) bond motifs is 4. The molecule has 1 saturated carbocycles. The van der Waals surface area contributed by atoms with Crippen LogP contribution < -0.4 is 10.2 Å². The van der Waals surface area contributed by atoms with E-state index in [4.69, 9.17) is 9.72 Å². The van der Waals surface area contributed by atoms with Crippen molar-refractivity contribution in [2.45, 2.75) is 69.2 Å². The van der Waals surface area contributed by atoms with Crippen LogP contribution >= 0.6 is 0 Å². The highest BCUT2D eigenvalue weighted by Crippen LogP contribution is 2.47. The Morgan fingerprint density at radius 1 is 0.947 bits per heavy atom. The molecule has 0 unspecified atom stereocenters. The van der Waals surface area contributed by atoms with Crippen LogP contribution in [0.25, 0.3) is 11.0 Å². The van der Waals surface area contributed by atoms with Crippen molar-refractivity contribution in [1.29, 1.82) is 0 Å². The van der Waals surface area contributed by atoms with Gasteiger partial charge in [0, 0.05) is 44.1 Å². The zero-order valence-electron chi connectivity index (χ0n) is 21.9. The Labute approximate surface area is 222 Å². The molecule has 200 valence electrons. The lowest BCUT2D eigenvalue weighted by molar-refractivity contribution is 0.0115. The molecule has 0 aromatic carbocycles. The molecule has 3 aromatic heterocycles. The summed E-state index contributed by atoms with van der Waals surface area (Å²) >= 11 is 0. The van der Waals surface area contributed by atoms with Gasteiger partial charge in [-0.2, -0.15) is 5.10 Å². The molecule has 38 heavy (non-hydrogen) atoms. The fourth-order valence-electron chi connectivity index (χ4n) is 7.08. The lowest BCUT2D eigenvalue weighted by Crippen LogP contribution is -2.49. The van der Waals surface area contributed by atoms with Crippen molar-refractivity contribution in [3.8, 4) is 0 Å². The van der Waals surface area contributed by atoms with Gasteiger partial charge in [0.05, 0.1) is 37.0 Å². The van der Waals surface area contributed by atoms with Gasteiger partial charge in [-0.3, -0.25) is 9.69 Å². The Morgan fingerprint density at radius 3 is 2.53 bits per heavy atom. The lowest BCUT2D eigenvalue weighted by Gasteiger charge is -2.40. The van der Waals surface area contributed by atoms with Gasteiger partial charge in [0.15, 0.2) is 0 Å². The SMILES string of the molecule is O=C1CCC2(CCCCC2)c2c3nc(Nc4ccc(N5CCC(N6CCOCC6)CC5)cn4)ncc3nn21. The van der Waals surface area contributed by atoms with Crippen LogP contribution in [0.3, 0.4) is 0 Å². The minimum absolute atomic E-state index is 0.00165. The monoisotopic (exact) mass is 516 g/mol. The summed E-state index contributed by atoms with van der Waals surface area (Å²) in [5, 5.41) is 7.90. The molecule has 1 spiro atoms. The van der Waals surface area contributed by atoms with Crippen LogP contribution in [-0.2, 0) is 10.2 Å². The standard InChI is InChI=1S/C28H36N8O2/c37-24-6-11-28(9-2-1-3-10-28)26-25-22(33-36(24)26)19-30-27(32-25)31-23-5-4-21(18-29-23)34-12-7-20(8-13-34)35-14-16-38-17-15-35/h4-5,18-20H,1-3,6-17H2,(H,29,31,32). The van der Waals surface area contributed by atoms with Gasteiger partial charge in [0.25, 0.3) is 0 Å². The van der Waals surface area contributed by atoms with Crippen LogP contribution in [0.2, 0.25) is 0 Å². The van der Waals surface area contributed by atoms with E-state index in [1.54, 1.807) is 10.9 Å². The van der Waals surface area contributed by atoms with E-state index in [1.165, 1.54) is 32.1 Å². The Balaban J connectivity index is 1.07. The maximum Gasteiger partial charge on any atom is 0.247 e. The number of carbonyl (C=O) groups excluding carboxylic acids is 1. The first-order chi connectivity index (χ1) is 18.7. The average Bonchev–Trinajstić information content (AvgIpc) is 3.38. The number of nitrogens with zero attached hydrogens (tertiary/aromatic N) is 7. The molecule has 0 atom stereocenters. The fourth-order valence-corrected chi connectivity index (χ4v) is 7.08. The highest BCUT2D eigenvalue weighted by atomic mass is 16.5. The number of hydrogen-bond acceptors (Lipinski definition) is 9. The predicted molar refractivity (Wildman–Crippen MR) is 145 cm³/mol. The average molecular weight is 517 g/mol. The third-order valence-electron chi connectivity index (χ3n) is 9.16. The van der Waals surface area contributed by atoms with Crippen molar-refractivity contribution in [2.24, 2.45) is 0 Å². The molecule has 6 heterocycles. The predicted octanol–water partition coefficient (Wildman–Crippen LogP) is 3.90. The first kappa shape index (κ1) is 24.0. The molecule has 4 aliphatic rings. The summed E-state index contributed by atoms with van der Waals surface area (Å²) in [6, 6.07) is 4.78. The molecule has 7 rings (SSSR count). The Kier molecular flexibility index (Phi) is 6.24. The van der Waals surface area contributed by atoms with Crippen LogP contribution in [-0.4, -0.2) is 81.0 Å². The van der Waals surface area contributed by atoms with Crippen molar-refractivity contribution in [2.75, 3.05) is 49.6 Å². The number of piperidine rings is 1. The first-order valence-corrected chi connectivity index (χ1v) is 14.3. The van der Waals surface area contributed by atoms with E-state index in [1.807, 2.05) is 12.3 Å². The van der Waals surface area contributed by atoms with E-state index in [9.17, 15) is 4.79 Å². The lowest BCUT2D eigenvalue weighted by atomic mass is 9.67. The Morgan fingerprint density at radius 2 is 1.76 bits per heavy atom. The highest BCUT2D eigenvalue weighted by Gasteiger charge is 2.43. The smallest absolute Gasteiger partial charge is 0.247 e. The van der Waals surface area contributed by atoms with Crippen LogP contribution in [0, 0.1) is 0 Å². The molecule has 2 saturated heterocycles. The van der Waals surface area contributed by atoms with Crippen molar-refractivity contribution in [3.63, 3.8) is 0 Å². The number of pyridine rings is 1. The minimum Gasteiger partial charge on any atom is -0.379 e. The molecule has 0 amide bonds. The van der Waals surface area contributed by atoms with E-state index in [0.717, 1.165) is 75.6 Å². The Hall–Kier alpha value is -3.11. The summed E-state index contributed by atoms with van der Waals surface area (Å²) < 4.78 is 7.15. The number of anilines is 3. The summed E-state index contributed by atoms with van der Waals surface area (Å²) in [6.45, 7) is 5.92. The minimum atomic E-state index is 0.00165. The molecule has 10 heteroatoms. The van der Waals surface area contributed by atoms with Gasteiger partial charge in [0.2, 0.25) is 11.9 Å². The number of carbonyl (C=O) groups is 1. The van der Waals surface area contributed by atoms with Crippen LogP contribution in [0.4, 0.5) is 17.5 Å². The van der Waals surface area contributed by atoms with Gasteiger partial charge in [-0.25, -0.2) is 19.6 Å². The zero-order valence-corrected chi connectivity index (χ0v) is 21.9. The van der Waals surface area contributed by atoms with Gasteiger partial charge >= 0.3 is 0 Å². The van der Waals surface area contributed by atoms with Gasteiger partial charge < -0.3 is 15.0 Å². The summed E-state index contributed by atoms with van der Waals surface area (Å²) in [7, 11) is 0. The second-order valence-electron chi connectivity index (χ2n) is 11.3. The molecule has 0 radical (unpaired) electrons. The second-order valence-corrected chi connectivity index (χ2v) is 11.3. The van der Waals surface area contributed by atoms with Crippen molar-refractivity contribution >= 4 is 34.4 Å². The number of nitrogens with one attached hydrogen (secondary N) is 1.